The van der Waals surface area contributed by atoms with E-state index < -0.39 is 41.6 Å². The molecule has 10 heteroatoms. The summed E-state index contributed by atoms with van der Waals surface area (Å²) in [5.41, 5.74) is 4.62. The number of hydrogen-bond acceptors (Lipinski definition) is 7. The normalized spacial score (nSPS) is 23.7. The molecule has 2 aliphatic heterocycles. The number of benzene rings is 2. The second-order valence-electron chi connectivity index (χ2n) is 10.6. The molecule has 2 aromatic carbocycles. The van der Waals surface area contributed by atoms with E-state index in [9.17, 15) is 24.3 Å². The van der Waals surface area contributed by atoms with Gasteiger partial charge in [0.05, 0.1) is 6.04 Å². The lowest BCUT2D eigenvalue weighted by molar-refractivity contribution is -0.148. The van der Waals surface area contributed by atoms with Gasteiger partial charge in [-0.05, 0) is 55.0 Å². The highest BCUT2D eigenvalue weighted by atomic mass is 16.3. The first-order chi connectivity index (χ1) is 18.7. The van der Waals surface area contributed by atoms with E-state index in [2.05, 4.69) is 16.0 Å². The summed E-state index contributed by atoms with van der Waals surface area (Å²) in [7, 11) is 0. The lowest BCUT2D eigenvalue weighted by Gasteiger charge is -2.30. The Hall–Kier alpha value is -3.34. The van der Waals surface area contributed by atoms with Gasteiger partial charge >= 0.3 is 0 Å². The van der Waals surface area contributed by atoms with Crippen molar-refractivity contribution in [1.82, 2.24) is 20.9 Å². The Morgan fingerprint density at radius 2 is 1.82 bits per heavy atom. The van der Waals surface area contributed by atoms with Crippen LogP contribution in [0.4, 0.5) is 0 Å². The minimum Gasteiger partial charge on any atom is -0.366 e. The number of nitrogens with one attached hydrogen (secondary N) is 3. The molecule has 210 valence electrons. The van der Waals surface area contributed by atoms with E-state index in [-0.39, 0.29) is 18.2 Å². The van der Waals surface area contributed by atoms with Crippen LogP contribution in [-0.2, 0) is 25.6 Å². The van der Waals surface area contributed by atoms with Gasteiger partial charge in [0, 0.05) is 18.9 Å². The second-order valence-corrected chi connectivity index (χ2v) is 10.6. The van der Waals surface area contributed by atoms with Gasteiger partial charge in [-0.3, -0.25) is 29.8 Å². The average molecular weight is 538 g/mol. The number of imide groups is 1. The molecule has 39 heavy (non-hydrogen) atoms. The average Bonchev–Trinajstić information content (AvgIpc) is 3.56. The molecule has 0 radical (unpaired) electrons. The highest BCUT2D eigenvalue weighted by molar-refractivity contribution is 6.03. The summed E-state index contributed by atoms with van der Waals surface area (Å²) in [5, 5.41) is 20.4. The maximum Gasteiger partial charge on any atom is 0.275 e. The number of likely N-dealkylation sites (tertiary alicyclic amines) is 1. The van der Waals surface area contributed by atoms with Gasteiger partial charge in [0.25, 0.3) is 5.91 Å². The number of carbonyl (C=O) groups is 4. The van der Waals surface area contributed by atoms with Crippen LogP contribution >= 0.6 is 0 Å². The topological polar surface area (TPSA) is 154 Å². The summed E-state index contributed by atoms with van der Waals surface area (Å²) in [6.07, 6.45) is 3.06. The van der Waals surface area contributed by atoms with E-state index in [1.165, 1.54) is 0 Å². The molecule has 1 unspecified atom stereocenters. The molecule has 4 rings (SSSR count). The van der Waals surface area contributed by atoms with Crippen molar-refractivity contribution in [3.63, 3.8) is 0 Å². The standard InChI is InChI=1S/C29H39N5O5/c1-3-19(4-2)27(37)34-15-7-10-23(34)26(36)32-22(17-18-11-12-20-8-5-6-9-21(20)16-18)25(35)33-28(38)29(39)24(30)13-14-31-29/h5-6,8-9,11-12,16,19,22-24,31,39H,3-4,7,10,13-15,17,30H2,1-2H3,(H,32,36)(H,33,35,38)/t22-,23+,24?,29-/m1/s1. The highest BCUT2D eigenvalue weighted by Crippen LogP contribution is 2.23. The van der Waals surface area contributed by atoms with E-state index in [0.29, 0.717) is 45.2 Å². The Labute approximate surface area is 228 Å². The van der Waals surface area contributed by atoms with Crippen molar-refractivity contribution in [1.29, 1.82) is 0 Å². The van der Waals surface area contributed by atoms with Crippen LogP contribution in [0.1, 0.15) is 51.5 Å². The zero-order valence-electron chi connectivity index (χ0n) is 22.6. The first-order valence-corrected chi connectivity index (χ1v) is 13.8. The van der Waals surface area contributed by atoms with E-state index in [0.717, 1.165) is 16.3 Å². The second kappa shape index (κ2) is 12.2. The molecule has 0 bridgehead atoms. The highest BCUT2D eigenvalue weighted by Gasteiger charge is 2.47. The largest absolute Gasteiger partial charge is 0.366 e. The number of fused-ring (bicyclic) bond motifs is 1. The van der Waals surface area contributed by atoms with Gasteiger partial charge in [-0.15, -0.1) is 0 Å². The third-order valence-electron chi connectivity index (χ3n) is 8.03. The maximum absolute atomic E-state index is 13.5. The summed E-state index contributed by atoms with van der Waals surface area (Å²) < 4.78 is 0. The fraction of sp³-hybridized carbons (Fsp3) is 0.517. The quantitative estimate of drug-likeness (QED) is 0.319. The molecule has 2 heterocycles. The van der Waals surface area contributed by atoms with Crippen molar-refractivity contribution in [2.75, 3.05) is 13.1 Å². The third-order valence-corrected chi connectivity index (χ3v) is 8.03. The number of hydrogen-bond donors (Lipinski definition) is 5. The van der Waals surface area contributed by atoms with Crippen LogP contribution in [0.5, 0.6) is 0 Å². The lowest BCUT2D eigenvalue weighted by Crippen LogP contribution is -2.64. The Kier molecular flexibility index (Phi) is 8.99. The van der Waals surface area contributed by atoms with E-state index in [1.807, 2.05) is 56.3 Å². The number of carbonyl (C=O) groups excluding carboxylic acids is 4. The Morgan fingerprint density at radius 1 is 1.10 bits per heavy atom. The molecule has 10 nitrogen and oxygen atoms in total. The van der Waals surface area contributed by atoms with Crippen LogP contribution in [0.25, 0.3) is 10.8 Å². The molecular formula is C29H39N5O5. The van der Waals surface area contributed by atoms with Gasteiger partial charge in [-0.25, -0.2) is 0 Å². The molecule has 2 aromatic rings. The summed E-state index contributed by atoms with van der Waals surface area (Å²) in [5.74, 6) is -2.36. The zero-order chi connectivity index (χ0) is 28.2. The third kappa shape index (κ3) is 6.13. The summed E-state index contributed by atoms with van der Waals surface area (Å²) in [4.78, 5) is 54.4. The van der Waals surface area contributed by atoms with Crippen LogP contribution in [-0.4, -0.2) is 70.6 Å². The lowest BCUT2D eigenvalue weighted by atomic mass is 9.99. The van der Waals surface area contributed by atoms with Crippen molar-refractivity contribution < 1.29 is 24.3 Å². The van der Waals surface area contributed by atoms with Crippen molar-refractivity contribution in [2.24, 2.45) is 11.7 Å². The number of nitrogens with two attached hydrogens (primary N) is 1. The Bertz CT molecular complexity index is 1230. The molecule has 2 fully saturated rings. The maximum atomic E-state index is 13.5. The van der Waals surface area contributed by atoms with Crippen LogP contribution in [0.3, 0.4) is 0 Å². The number of amides is 4. The van der Waals surface area contributed by atoms with Gasteiger partial charge in [0.1, 0.15) is 12.1 Å². The fourth-order valence-electron chi connectivity index (χ4n) is 5.56. The Morgan fingerprint density at radius 3 is 2.49 bits per heavy atom. The van der Waals surface area contributed by atoms with E-state index in [4.69, 9.17) is 5.73 Å². The number of aliphatic hydroxyl groups is 1. The minimum atomic E-state index is -2.07. The van der Waals surface area contributed by atoms with Crippen molar-refractivity contribution >= 4 is 34.4 Å². The molecule has 0 spiro atoms. The molecule has 2 aliphatic rings. The predicted molar refractivity (Wildman–Crippen MR) is 147 cm³/mol. The van der Waals surface area contributed by atoms with Crippen molar-refractivity contribution in [3.8, 4) is 0 Å². The molecule has 4 amide bonds. The minimum absolute atomic E-state index is 0.0492. The van der Waals surface area contributed by atoms with Crippen molar-refractivity contribution in [2.45, 2.75) is 76.2 Å². The molecule has 2 saturated heterocycles. The predicted octanol–water partition coefficient (Wildman–Crippen LogP) is 0.946. The SMILES string of the molecule is CCC(CC)C(=O)N1CCC[C@H]1C(=O)N[C@H](Cc1ccc2ccccc2c1)C(=O)NC(=O)[C@@]1(O)NCCC1N. The molecular weight excluding hydrogens is 498 g/mol. The van der Waals surface area contributed by atoms with Crippen molar-refractivity contribution in [3.05, 3.63) is 48.0 Å². The molecule has 0 aliphatic carbocycles. The van der Waals surface area contributed by atoms with Crippen LogP contribution in [0, 0.1) is 5.92 Å². The molecule has 0 saturated carbocycles. The Balaban J connectivity index is 1.55. The van der Waals surface area contributed by atoms with E-state index in [1.54, 1.807) is 4.90 Å². The van der Waals surface area contributed by atoms with Crippen LogP contribution in [0.2, 0.25) is 0 Å². The van der Waals surface area contributed by atoms with Gasteiger partial charge in [0.15, 0.2) is 0 Å². The molecule has 4 atom stereocenters. The smallest absolute Gasteiger partial charge is 0.275 e. The van der Waals surface area contributed by atoms with Crippen LogP contribution in [0.15, 0.2) is 42.5 Å². The number of rotatable bonds is 9. The van der Waals surface area contributed by atoms with E-state index >= 15 is 0 Å². The summed E-state index contributed by atoms with van der Waals surface area (Å²) in [6.45, 7) is 4.73. The first kappa shape index (κ1) is 28.7. The first-order valence-electron chi connectivity index (χ1n) is 13.8. The van der Waals surface area contributed by atoms with Gasteiger partial charge < -0.3 is 21.1 Å². The van der Waals surface area contributed by atoms with Gasteiger partial charge in [-0.2, -0.15) is 0 Å². The molecule has 0 aromatic heterocycles. The molecule has 6 N–H and O–H groups in total. The summed E-state index contributed by atoms with van der Waals surface area (Å²) in [6, 6.07) is 10.9. The zero-order valence-corrected chi connectivity index (χ0v) is 22.6. The number of nitrogens with zero attached hydrogens (tertiary/aromatic N) is 1. The summed E-state index contributed by atoms with van der Waals surface area (Å²) >= 11 is 0. The monoisotopic (exact) mass is 537 g/mol. The van der Waals surface area contributed by atoms with Gasteiger partial charge in [0.2, 0.25) is 23.4 Å². The van der Waals surface area contributed by atoms with Crippen LogP contribution < -0.4 is 21.7 Å². The van der Waals surface area contributed by atoms with Gasteiger partial charge in [-0.1, -0.05) is 56.3 Å². The fourth-order valence-corrected chi connectivity index (χ4v) is 5.56.